The lowest BCUT2D eigenvalue weighted by atomic mass is 10.4. The second kappa shape index (κ2) is 4.14. The van der Waals surface area contributed by atoms with E-state index in [2.05, 4.69) is 0 Å². The molecule has 1 aliphatic heterocycles. The van der Waals surface area contributed by atoms with E-state index in [9.17, 15) is 0 Å². The summed E-state index contributed by atoms with van der Waals surface area (Å²) in [4.78, 5) is 0. The Morgan fingerprint density at radius 3 is 3.22 bits per heavy atom. The highest BCUT2D eigenvalue weighted by Crippen LogP contribution is 2.11. The average molecular weight is 148 g/mol. The molecule has 0 amide bonds. The summed E-state index contributed by atoms with van der Waals surface area (Å²) in [5.74, 6) is 1.90. The van der Waals surface area contributed by atoms with Gasteiger partial charge in [0.2, 0.25) is 0 Å². The molecule has 1 heterocycles. The normalized spacial score (nSPS) is 31.0. The summed E-state index contributed by atoms with van der Waals surface area (Å²) in [7, 11) is 0. The molecule has 3 heteroatoms. The first-order chi connectivity index (χ1) is 4.39. The predicted octanol–water partition coefficient (Wildman–Crippen LogP) is 0.848. The SMILES string of the molecule is OC1CSCCCCO1. The number of hydrogen-bond acceptors (Lipinski definition) is 3. The lowest BCUT2D eigenvalue weighted by Gasteiger charge is -2.14. The summed E-state index contributed by atoms with van der Waals surface area (Å²) < 4.78 is 5.02. The van der Waals surface area contributed by atoms with E-state index in [1.54, 1.807) is 11.8 Å². The second-order valence-electron chi connectivity index (χ2n) is 2.11. The summed E-state index contributed by atoms with van der Waals surface area (Å²) in [6.45, 7) is 0.724. The molecule has 1 saturated heterocycles. The Morgan fingerprint density at radius 2 is 2.33 bits per heavy atom. The minimum atomic E-state index is -0.518. The molecule has 1 aliphatic rings. The minimum Gasteiger partial charge on any atom is -0.367 e. The molecule has 0 aliphatic carbocycles. The molecule has 1 atom stereocenters. The molecule has 0 saturated carbocycles. The van der Waals surface area contributed by atoms with Gasteiger partial charge in [0.15, 0.2) is 6.29 Å². The highest BCUT2D eigenvalue weighted by atomic mass is 32.2. The Bertz CT molecular complexity index is 69.5. The van der Waals surface area contributed by atoms with Crippen LogP contribution in [0.2, 0.25) is 0 Å². The molecular weight excluding hydrogens is 136 g/mol. The van der Waals surface area contributed by atoms with Crippen LogP contribution >= 0.6 is 11.8 Å². The fourth-order valence-electron chi connectivity index (χ4n) is 0.758. The first kappa shape index (κ1) is 7.38. The van der Waals surface area contributed by atoms with Crippen molar-refractivity contribution in [1.82, 2.24) is 0 Å². The second-order valence-corrected chi connectivity index (χ2v) is 3.26. The third-order valence-electron chi connectivity index (χ3n) is 1.25. The fourth-order valence-corrected chi connectivity index (χ4v) is 1.63. The van der Waals surface area contributed by atoms with Crippen LogP contribution in [-0.2, 0) is 4.74 Å². The van der Waals surface area contributed by atoms with E-state index >= 15 is 0 Å². The van der Waals surface area contributed by atoms with Gasteiger partial charge in [0.25, 0.3) is 0 Å². The molecule has 0 bridgehead atoms. The topological polar surface area (TPSA) is 29.5 Å². The zero-order valence-corrected chi connectivity index (χ0v) is 6.19. The van der Waals surface area contributed by atoms with E-state index in [-0.39, 0.29) is 0 Å². The van der Waals surface area contributed by atoms with Crippen molar-refractivity contribution >= 4 is 11.8 Å². The maximum Gasteiger partial charge on any atom is 0.163 e. The standard InChI is InChI=1S/C6H12O2S/c7-6-5-9-4-2-1-3-8-6/h6-7H,1-5H2. The minimum absolute atomic E-state index is 0.518. The number of ether oxygens (including phenoxy) is 1. The summed E-state index contributed by atoms with van der Waals surface area (Å²) >= 11 is 1.76. The molecule has 0 aromatic rings. The van der Waals surface area contributed by atoms with Crippen molar-refractivity contribution in [3.63, 3.8) is 0 Å². The van der Waals surface area contributed by atoms with Crippen molar-refractivity contribution in [1.29, 1.82) is 0 Å². The molecule has 1 rings (SSSR count). The van der Waals surface area contributed by atoms with Crippen LogP contribution in [0, 0.1) is 0 Å². The molecule has 54 valence electrons. The monoisotopic (exact) mass is 148 g/mol. The van der Waals surface area contributed by atoms with Gasteiger partial charge in [-0.05, 0) is 18.6 Å². The van der Waals surface area contributed by atoms with E-state index in [1.807, 2.05) is 0 Å². The van der Waals surface area contributed by atoms with Crippen LogP contribution in [-0.4, -0.2) is 29.5 Å². The van der Waals surface area contributed by atoms with Crippen LogP contribution in [0.4, 0.5) is 0 Å². The first-order valence-electron chi connectivity index (χ1n) is 3.27. The van der Waals surface area contributed by atoms with Crippen molar-refractivity contribution in [2.24, 2.45) is 0 Å². The lowest BCUT2D eigenvalue weighted by Crippen LogP contribution is -2.17. The van der Waals surface area contributed by atoms with Gasteiger partial charge in [-0.15, -0.1) is 0 Å². The summed E-state index contributed by atoms with van der Waals surface area (Å²) in [5.41, 5.74) is 0. The van der Waals surface area contributed by atoms with Gasteiger partial charge in [0.1, 0.15) is 0 Å². The maximum atomic E-state index is 8.97. The average Bonchev–Trinajstić information content (AvgIpc) is 1.79. The maximum absolute atomic E-state index is 8.97. The summed E-state index contributed by atoms with van der Waals surface area (Å²) in [6, 6.07) is 0. The Morgan fingerprint density at radius 1 is 1.44 bits per heavy atom. The zero-order valence-electron chi connectivity index (χ0n) is 5.38. The van der Waals surface area contributed by atoms with Crippen LogP contribution < -0.4 is 0 Å². The molecule has 0 aromatic carbocycles. The van der Waals surface area contributed by atoms with Crippen LogP contribution in [0.5, 0.6) is 0 Å². The molecule has 1 fully saturated rings. The highest BCUT2D eigenvalue weighted by Gasteiger charge is 2.06. The van der Waals surface area contributed by atoms with Gasteiger partial charge in [0.05, 0.1) is 0 Å². The molecule has 0 spiro atoms. The Balaban J connectivity index is 2.12. The summed E-state index contributed by atoms with van der Waals surface area (Å²) in [6.07, 6.45) is 1.79. The summed E-state index contributed by atoms with van der Waals surface area (Å²) in [5, 5.41) is 8.97. The van der Waals surface area contributed by atoms with E-state index < -0.39 is 6.29 Å². The fraction of sp³-hybridized carbons (Fsp3) is 1.00. The van der Waals surface area contributed by atoms with E-state index in [0.29, 0.717) is 0 Å². The van der Waals surface area contributed by atoms with Crippen molar-refractivity contribution in [3.8, 4) is 0 Å². The Kier molecular flexibility index (Phi) is 3.40. The van der Waals surface area contributed by atoms with Crippen molar-refractivity contribution < 1.29 is 9.84 Å². The van der Waals surface area contributed by atoms with E-state index in [4.69, 9.17) is 9.84 Å². The smallest absolute Gasteiger partial charge is 0.163 e. The third kappa shape index (κ3) is 3.08. The molecular formula is C6H12O2S. The number of thioether (sulfide) groups is 1. The third-order valence-corrected chi connectivity index (χ3v) is 2.35. The Labute approximate surface area is 59.6 Å². The van der Waals surface area contributed by atoms with Crippen molar-refractivity contribution in [2.75, 3.05) is 18.1 Å². The molecule has 1 unspecified atom stereocenters. The quantitative estimate of drug-likeness (QED) is 0.552. The predicted molar refractivity (Wildman–Crippen MR) is 38.5 cm³/mol. The van der Waals surface area contributed by atoms with Crippen LogP contribution in [0.25, 0.3) is 0 Å². The lowest BCUT2D eigenvalue weighted by molar-refractivity contribution is -0.0830. The molecule has 2 nitrogen and oxygen atoms in total. The van der Waals surface area contributed by atoms with Crippen molar-refractivity contribution in [3.05, 3.63) is 0 Å². The van der Waals surface area contributed by atoms with E-state index in [1.165, 1.54) is 12.2 Å². The van der Waals surface area contributed by atoms with Gasteiger partial charge in [-0.2, -0.15) is 11.8 Å². The molecule has 1 N–H and O–H groups in total. The van der Waals surface area contributed by atoms with Gasteiger partial charge in [-0.1, -0.05) is 0 Å². The first-order valence-corrected chi connectivity index (χ1v) is 4.42. The molecule has 0 aromatic heterocycles. The molecule has 0 radical (unpaired) electrons. The van der Waals surface area contributed by atoms with Gasteiger partial charge in [-0.25, -0.2) is 0 Å². The Hall–Kier alpha value is 0.270. The van der Waals surface area contributed by atoms with Crippen LogP contribution in [0.15, 0.2) is 0 Å². The van der Waals surface area contributed by atoms with Gasteiger partial charge in [0, 0.05) is 12.4 Å². The highest BCUT2D eigenvalue weighted by molar-refractivity contribution is 7.99. The van der Waals surface area contributed by atoms with Gasteiger partial charge >= 0.3 is 0 Å². The number of aliphatic hydroxyl groups excluding tert-OH is 1. The van der Waals surface area contributed by atoms with Gasteiger partial charge in [-0.3, -0.25) is 0 Å². The van der Waals surface area contributed by atoms with Crippen molar-refractivity contribution in [2.45, 2.75) is 19.1 Å². The number of aliphatic hydroxyl groups is 1. The zero-order chi connectivity index (χ0) is 6.53. The largest absolute Gasteiger partial charge is 0.367 e. The van der Waals surface area contributed by atoms with E-state index in [0.717, 1.165) is 18.8 Å². The number of hydrogen-bond donors (Lipinski definition) is 1. The van der Waals surface area contributed by atoms with Crippen LogP contribution in [0.1, 0.15) is 12.8 Å². The molecule has 9 heavy (non-hydrogen) atoms. The van der Waals surface area contributed by atoms with Crippen LogP contribution in [0.3, 0.4) is 0 Å². The van der Waals surface area contributed by atoms with Gasteiger partial charge < -0.3 is 9.84 Å². The number of rotatable bonds is 0.